The third-order valence-corrected chi connectivity index (χ3v) is 3.65. The molecular weight excluding hydrogens is 224 g/mol. The summed E-state index contributed by atoms with van der Waals surface area (Å²) in [6, 6.07) is 0.251. The van der Waals surface area contributed by atoms with Gasteiger partial charge in [0, 0.05) is 24.5 Å². The summed E-state index contributed by atoms with van der Waals surface area (Å²) in [6.45, 7) is 4.83. The first-order valence-electron chi connectivity index (χ1n) is 5.29. The highest BCUT2D eigenvalue weighted by Crippen LogP contribution is 2.23. The predicted octanol–water partition coefficient (Wildman–Crippen LogP) is 1.28. The van der Waals surface area contributed by atoms with E-state index in [4.69, 9.17) is 0 Å². The Labute approximate surface area is 96.5 Å². The second-order valence-electron chi connectivity index (χ2n) is 4.14. The molecule has 0 radical (unpaired) electrons. The van der Waals surface area contributed by atoms with E-state index < -0.39 is 0 Å². The van der Waals surface area contributed by atoms with Gasteiger partial charge in [-0.25, -0.2) is 4.98 Å². The van der Waals surface area contributed by atoms with Gasteiger partial charge in [-0.05, 0) is 13.8 Å². The Morgan fingerprint density at radius 1 is 1.50 bits per heavy atom. The normalized spacial score (nSPS) is 14.9. The predicted molar refractivity (Wildman–Crippen MR) is 62.9 cm³/mol. The minimum Gasteiger partial charge on any atom is -0.286 e. The van der Waals surface area contributed by atoms with Gasteiger partial charge in [-0.15, -0.1) is 0 Å². The van der Waals surface area contributed by atoms with E-state index in [1.807, 2.05) is 13.8 Å². The lowest BCUT2D eigenvalue weighted by molar-refractivity contribution is 0.536. The summed E-state index contributed by atoms with van der Waals surface area (Å²) in [5.41, 5.74) is 0.608. The standard InChI is InChI=1S/C10H12N4OS/c1-6(2)14-5-7-8(12-14)11-10-13(9(7)15)3-4-16-10/h5-6H,3-4H2,1-2H3. The van der Waals surface area contributed by atoms with Crippen molar-refractivity contribution in [2.24, 2.45) is 0 Å². The highest BCUT2D eigenvalue weighted by atomic mass is 32.2. The van der Waals surface area contributed by atoms with Gasteiger partial charge in [0.05, 0.1) is 0 Å². The van der Waals surface area contributed by atoms with Gasteiger partial charge >= 0.3 is 0 Å². The van der Waals surface area contributed by atoms with E-state index in [0.717, 1.165) is 17.5 Å². The summed E-state index contributed by atoms with van der Waals surface area (Å²) >= 11 is 1.62. The second kappa shape index (κ2) is 3.35. The molecule has 0 atom stereocenters. The second-order valence-corrected chi connectivity index (χ2v) is 5.20. The van der Waals surface area contributed by atoms with Gasteiger partial charge in [0.1, 0.15) is 5.39 Å². The van der Waals surface area contributed by atoms with Crippen molar-refractivity contribution >= 4 is 22.8 Å². The zero-order valence-electron chi connectivity index (χ0n) is 9.17. The van der Waals surface area contributed by atoms with Gasteiger partial charge < -0.3 is 0 Å². The molecule has 0 N–H and O–H groups in total. The van der Waals surface area contributed by atoms with E-state index in [0.29, 0.717) is 11.0 Å². The maximum Gasteiger partial charge on any atom is 0.265 e. The summed E-state index contributed by atoms with van der Waals surface area (Å²) in [6.07, 6.45) is 1.80. The Hall–Kier alpha value is -1.30. The van der Waals surface area contributed by atoms with Crippen molar-refractivity contribution in [1.29, 1.82) is 0 Å². The SMILES string of the molecule is CC(C)n1cc2c(=O)n3c(nc2n1)SCC3. The van der Waals surface area contributed by atoms with Crippen LogP contribution in [0.1, 0.15) is 19.9 Å². The first-order chi connectivity index (χ1) is 7.66. The number of hydrogen-bond donors (Lipinski definition) is 0. The van der Waals surface area contributed by atoms with Gasteiger partial charge in [0.2, 0.25) is 0 Å². The fourth-order valence-electron chi connectivity index (χ4n) is 1.80. The van der Waals surface area contributed by atoms with Crippen molar-refractivity contribution in [2.75, 3.05) is 5.75 Å². The Balaban J connectivity index is 2.33. The van der Waals surface area contributed by atoms with E-state index in [1.54, 1.807) is 27.2 Å². The first-order valence-corrected chi connectivity index (χ1v) is 6.28. The molecule has 2 aromatic heterocycles. The number of rotatable bonds is 1. The van der Waals surface area contributed by atoms with Crippen molar-refractivity contribution in [3.8, 4) is 0 Å². The highest BCUT2D eigenvalue weighted by Gasteiger charge is 2.18. The van der Waals surface area contributed by atoms with Crippen LogP contribution in [-0.4, -0.2) is 25.1 Å². The molecule has 1 aliphatic rings. The molecule has 0 saturated heterocycles. The average molecular weight is 236 g/mol. The van der Waals surface area contributed by atoms with Crippen LogP contribution in [0.4, 0.5) is 0 Å². The Kier molecular flexibility index (Phi) is 2.07. The summed E-state index contributed by atoms with van der Waals surface area (Å²) in [7, 11) is 0. The summed E-state index contributed by atoms with van der Waals surface area (Å²) in [4.78, 5) is 16.5. The zero-order valence-corrected chi connectivity index (χ0v) is 9.99. The smallest absolute Gasteiger partial charge is 0.265 e. The van der Waals surface area contributed by atoms with Crippen LogP contribution in [0.2, 0.25) is 0 Å². The van der Waals surface area contributed by atoms with Crippen LogP contribution in [0.5, 0.6) is 0 Å². The van der Waals surface area contributed by atoms with E-state index >= 15 is 0 Å². The molecule has 0 spiro atoms. The van der Waals surface area contributed by atoms with Crippen LogP contribution in [0.3, 0.4) is 0 Å². The molecule has 0 unspecified atom stereocenters. The molecule has 84 valence electrons. The highest BCUT2D eigenvalue weighted by molar-refractivity contribution is 7.99. The summed E-state index contributed by atoms with van der Waals surface area (Å²) in [5.74, 6) is 0.930. The molecule has 0 bridgehead atoms. The molecule has 3 heterocycles. The quantitative estimate of drug-likeness (QED) is 0.700. The van der Waals surface area contributed by atoms with Crippen molar-refractivity contribution in [2.45, 2.75) is 31.6 Å². The maximum absolute atomic E-state index is 12.1. The lowest BCUT2D eigenvalue weighted by atomic mass is 10.4. The van der Waals surface area contributed by atoms with Crippen LogP contribution < -0.4 is 5.56 Å². The van der Waals surface area contributed by atoms with Gasteiger partial charge in [-0.3, -0.25) is 14.0 Å². The number of nitrogens with zero attached hydrogens (tertiary/aromatic N) is 4. The molecule has 5 nitrogen and oxygen atoms in total. The summed E-state index contributed by atoms with van der Waals surface area (Å²) in [5, 5.41) is 5.75. The molecule has 0 aromatic carbocycles. The minimum absolute atomic E-state index is 0.0388. The van der Waals surface area contributed by atoms with Crippen LogP contribution in [0, 0.1) is 0 Å². The number of hydrogen-bond acceptors (Lipinski definition) is 4. The van der Waals surface area contributed by atoms with Crippen LogP contribution >= 0.6 is 11.8 Å². The molecule has 0 saturated carbocycles. The minimum atomic E-state index is 0.0388. The molecule has 0 fully saturated rings. The molecule has 6 heteroatoms. The molecule has 0 amide bonds. The molecular formula is C10H12N4OS. The van der Waals surface area contributed by atoms with Crippen molar-refractivity contribution in [1.82, 2.24) is 19.3 Å². The third kappa shape index (κ3) is 1.29. The molecule has 0 aliphatic carbocycles. The van der Waals surface area contributed by atoms with Gasteiger partial charge in [-0.1, -0.05) is 11.8 Å². The van der Waals surface area contributed by atoms with Crippen LogP contribution in [0.15, 0.2) is 16.1 Å². The fraction of sp³-hybridized carbons (Fsp3) is 0.500. The van der Waals surface area contributed by atoms with E-state index in [2.05, 4.69) is 10.1 Å². The number of fused-ring (bicyclic) bond motifs is 2. The molecule has 3 rings (SSSR count). The number of thioether (sulfide) groups is 1. The lowest BCUT2D eigenvalue weighted by Gasteiger charge is -2.01. The third-order valence-electron chi connectivity index (χ3n) is 2.70. The lowest BCUT2D eigenvalue weighted by Crippen LogP contribution is -2.19. The fourth-order valence-corrected chi connectivity index (χ4v) is 2.74. The Morgan fingerprint density at radius 3 is 3.06 bits per heavy atom. The molecule has 1 aliphatic heterocycles. The molecule has 16 heavy (non-hydrogen) atoms. The topological polar surface area (TPSA) is 52.7 Å². The zero-order chi connectivity index (χ0) is 11.3. The Bertz CT molecular complexity index is 613. The van der Waals surface area contributed by atoms with Crippen molar-refractivity contribution in [3.05, 3.63) is 16.6 Å². The Morgan fingerprint density at radius 2 is 2.31 bits per heavy atom. The van der Waals surface area contributed by atoms with E-state index in [9.17, 15) is 4.79 Å². The van der Waals surface area contributed by atoms with Crippen LogP contribution in [0.25, 0.3) is 11.0 Å². The number of aromatic nitrogens is 4. The largest absolute Gasteiger partial charge is 0.286 e. The van der Waals surface area contributed by atoms with E-state index in [-0.39, 0.29) is 11.6 Å². The molecule has 2 aromatic rings. The first kappa shape index (κ1) is 9.89. The maximum atomic E-state index is 12.1. The van der Waals surface area contributed by atoms with Gasteiger partial charge in [-0.2, -0.15) is 5.10 Å². The van der Waals surface area contributed by atoms with E-state index in [1.165, 1.54) is 0 Å². The van der Waals surface area contributed by atoms with Crippen molar-refractivity contribution < 1.29 is 0 Å². The van der Waals surface area contributed by atoms with Crippen LogP contribution in [-0.2, 0) is 6.54 Å². The van der Waals surface area contributed by atoms with Gasteiger partial charge in [0.15, 0.2) is 10.8 Å². The summed E-state index contributed by atoms with van der Waals surface area (Å²) < 4.78 is 3.53. The van der Waals surface area contributed by atoms with Crippen molar-refractivity contribution in [3.63, 3.8) is 0 Å². The van der Waals surface area contributed by atoms with Gasteiger partial charge in [0.25, 0.3) is 5.56 Å². The monoisotopic (exact) mass is 236 g/mol. The average Bonchev–Trinajstić information content (AvgIpc) is 2.83.